The molecule has 26 heavy (non-hydrogen) atoms. The van der Waals surface area contributed by atoms with E-state index in [2.05, 4.69) is 36.7 Å². The Balaban J connectivity index is 1.67. The van der Waals surface area contributed by atoms with E-state index in [-0.39, 0.29) is 11.2 Å². The lowest BCUT2D eigenvalue weighted by Crippen LogP contribution is -2.52. The average Bonchev–Trinajstić information content (AvgIpc) is 2.89. The molecule has 0 radical (unpaired) electrons. The van der Waals surface area contributed by atoms with Gasteiger partial charge in [-0.1, -0.05) is 42.3 Å². The molecule has 144 valence electrons. The number of carbonyl (C=O) groups excluding carboxylic acids is 1. The lowest BCUT2D eigenvalue weighted by atomic mass is 9.46. The van der Waals surface area contributed by atoms with E-state index in [1.807, 2.05) is 6.08 Å². The van der Waals surface area contributed by atoms with Gasteiger partial charge in [0.2, 0.25) is 0 Å². The molecule has 8 atom stereocenters. The van der Waals surface area contributed by atoms with Gasteiger partial charge in [-0.3, -0.25) is 9.59 Å². The van der Waals surface area contributed by atoms with Crippen LogP contribution in [-0.2, 0) is 9.59 Å². The largest absolute Gasteiger partial charge is 0.480 e. The molecule has 3 unspecified atom stereocenters. The fraction of sp³-hybridized carbons (Fsp3) is 0.818. The second-order valence-corrected chi connectivity index (χ2v) is 11.0. The van der Waals surface area contributed by atoms with Gasteiger partial charge >= 0.3 is 5.97 Å². The summed E-state index contributed by atoms with van der Waals surface area (Å²) in [7, 11) is 0. The molecular formula is C22H31BrO3. The molecule has 1 N–H and O–H groups in total. The van der Waals surface area contributed by atoms with Crippen molar-refractivity contribution in [2.45, 2.75) is 70.5 Å². The number of carboxylic acid groups (broad SMARTS) is 1. The number of rotatable bonds is 2. The molecule has 0 saturated heterocycles. The van der Waals surface area contributed by atoms with Crippen LogP contribution in [0.4, 0.5) is 0 Å². The summed E-state index contributed by atoms with van der Waals surface area (Å²) in [6, 6.07) is 0. The molecule has 3 saturated carbocycles. The Bertz CT molecular complexity index is 670. The summed E-state index contributed by atoms with van der Waals surface area (Å²) in [5.74, 6) is 1.63. The summed E-state index contributed by atoms with van der Waals surface area (Å²) in [4.78, 5) is 23.3. The number of ketones is 1. The van der Waals surface area contributed by atoms with E-state index < -0.39 is 16.7 Å². The van der Waals surface area contributed by atoms with Gasteiger partial charge in [0.05, 0.1) is 0 Å². The zero-order chi connectivity index (χ0) is 18.9. The number of halogens is 1. The molecule has 3 nitrogen and oxygen atoms in total. The quantitative estimate of drug-likeness (QED) is 0.619. The maximum atomic E-state index is 12.6. The van der Waals surface area contributed by atoms with E-state index in [1.54, 1.807) is 0 Å². The Morgan fingerprint density at radius 3 is 2.65 bits per heavy atom. The molecule has 0 bridgehead atoms. The molecule has 4 aliphatic rings. The number of hydrogen-bond acceptors (Lipinski definition) is 2. The minimum absolute atomic E-state index is 0.00385. The number of alkyl halides is 1. The highest BCUT2D eigenvalue weighted by Crippen LogP contribution is 2.66. The standard InChI is InChI=1S/C22H31BrO3/c1-12-4-7-16-14-6-5-13-10-18(24)15(19(23)20(25)26)11-22(13,3)17(14)8-9-21(12,16)2/h10,12,14-17,19H,4-9,11H2,1-3H3,(H,25,26)/t12?,14-,15?,16-,17+,19?,21+,22-/m0/s1. The SMILES string of the molecule is CC1CC[C@H]2[C@@H]3CCC4=CC(=O)C(C(Br)C(=O)O)C[C@]4(C)[C@@H]3CC[C@]12C. The first-order chi connectivity index (χ1) is 12.2. The third kappa shape index (κ3) is 2.50. The first kappa shape index (κ1) is 18.7. The van der Waals surface area contributed by atoms with Gasteiger partial charge in [0.25, 0.3) is 0 Å². The van der Waals surface area contributed by atoms with Crippen molar-refractivity contribution in [3.05, 3.63) is 11.6 Å². The predicted octanol–water partition coefficient (Wildman–Crippen LogP) is 5.23. The van der Waals surface area contributed by atoms with Crippen molar-refractivity contribution >= 4 is 27.7 Å². The van der Waals surface area contributed by atoms with Gasteiger partial charge in [-0.05, 0) is 85.5 Å². The van der Waals surface area contributed by atoms with Crippen molar-refractivity contribution in [3.63, 3.8) is 0 Å². The summed E-state index contributed by atoms with van der Waals surface area (Å²) in [5, 5.41) is 9.43. The van der Waals surface area contributed by atoms with Crippen LogP contribution in [0.15, 0.2) is 11.6 Å². The van der Waals surface area contributed by atoms with E-state index >= 15 is 0 Å². The van der Waals surface area contributed by atoms with Crippen molar-refractivity contribution in [1.29, 1.82) is 0 Å². The first-order valence-corrected chi connectivity index (χ1v) is 11.2. The molecule has 4 heteroatoms. The number of allylic oxidation sites excluding steroid dienone is 1. The highest BCUT2D eigenvalue weighted by molar-refractivity contribution is 9.10. The van der Waals surface area contributed by atoms with E-state index in [0.29, 0.717) is 17.8 Å². The second kappa shape index (κ2) is 6.18. The smallest absolute Gasteiger partial charge is 0.318 e. The van der Waals surface area contributed by atoms with Gasteiger partial charge in [0, 0.05) is 5.92 Å². The minimum atomic E-state index is -0.919. The summed E-state index contributed by atoms with van der Waals surface area (Å²) in [6.45, 7) is 7.29. The Labute approximate surface area is 165 Å². The van der Waals surface area contributed by atoms with Crippen LogP contribution in [0.3, 0.4) is 0 Å². The number of carbonyl (C=O) groups is 2. The Morgan fingerprint density at radius 1 is 1.23 bits per heavy atom. The monoisotopic (exact) mass is 422 g/mol. The molecule has 0 aromatic carbocycles. The Kier molecular flexibility index (Phi) is 4.45. The summed E-state index contributed by atoms with van der Waals surface area (Å²) in [6.07, 6.45) is 9.99. The molecule has 0 aromatic heterocycles. The third-order valence-corrected chi connectivity index (χ3v) is 10.2. The second-order valence-electron chi connectivity index (χ2n) is 9.98. The number of fused-ring (bicyclic) bond motifs is 5. The van der Waals surface area contributed by atoms with Crippen LogP contribution in [0.5, 0.6) is 0 Å². The van der Waals surface area contributed by atoms with Crippen molar-refractivity contribution in [2.75, 3.05) is 0 Å². The number of aliphatic carboxylic acids is 1. The molecule has 0 heterocycles. The minimum Gasteiger partial charge on any atom is -0.480 e. The van der Waals surface area contributed by atoms with Gasteiger partial charge in [-0.2, -0.15) is 0 Å². The molecular weight excluding hydrogens is 392 g/mol. The highest BCUT2D eigenvalue weighted by atomic mass is 79.9. The van der Waals surface area contributed by atoms with E-state index in [4.69, 9.17) is 0 Å². The zero-order valence-electron chi connectivity index (χ0n) is 16.1. The highest BCUT2D eigenvalue weighted by Gasteiger charge is 2.59. The first-order valence-electron chi connectivity index (χ1n) is 10.3. The summed E-state index contributed by atoms with van der Waals surface area (Å²) >= 11 is 3.28. The zero-order valence-corrected chi connectivity index (χ0v) is 17.7. The maximum absolute atomic E-state index is 12.6. The molecule has 4 aliphatic carbocycles. The van der Waals surface area contributed by atoms with Crippen LogP contribution in [0.2, 0.25) is 0 Å². The van der Waals surface area contributed by atoms with Gasteiger partial charge in [-0.25, -0.2) is 0 Å². The van der Waals surface area contributed by atoms with E-state index in [1.165, 1.54) is 37.7 Å². The van der Waals surface area contributed by atoms with Gasteiger partial charge in [-0.15, -0.1) is 0 Å². The van der Waals surface area contributed by atoms with Crippen LogP contribution in [-0.4, -0.2) is 21.7 Å². The van der Waals surface area contributed by atoms with E-state index in [0.717, 1.165) is 24.2 Å². The predicted molar refractivity (Wildman–Crippen MR) is 105 cm³/mol. The van der Waals surface area contributed by atoms with Crippen LogP contribution in [0.1, 0.15) is 65.7 Å². The van der Waals surface area contributed by atoms with Crippen LogP contribution in [0, 0.1) is 40.4 Å². The van der Waals surface area contributed by atoms with Crippen molar-refractivity contribution in [1.82, 2.24) is 0 Å². The van der Waals surface area contributed by atoms with Gasteiger partial charge in [0.1, 0.15) is 4.83 Å². The van der Waals surface area contributed by atoms with Gasteiger partial charge < -0.3 is 5.11 Å². The molecule has 4 rings (SSSR count). The fourth-order valence-corrected chi connectivity index (χ4v) is 7.81. The molecule has 0 aliphatic heterocycles. The number of carboxylic acids is 1. The fourth-order valence-electron chi connectivity index (χ4n) is 7.37. The van der Waals surface area contributed by atoms with Crippen LogP contribution in [0.25, 0.3) is 0 Å². The van der Waals surface area contributed by atoms with E-state index in [9.17, 15) is 14.7 Å². The third-order valence-electron chi connectivity index (χ3n) is 9.13. The maximum Gasteiger partial charge on any atom is 0.318 e. The molecule has 0 spiro atoms. The lowest BCUT2D eigenvalue weighted by Gasteiger charge is -2.58. The lowest BCUT2D eigenvalue weighted by molar-refractivity contribution is -0.140. The topological polar surface area (TPSA) is 54.4 Å². The van der Waals surface area contributed by atoms with Crippen molar-refractivity contribution < 1.29 is 14.7 Å². The molecule has 0 aromatic rings. The molecule has 3 fully saturated rings. The summed E-state index contributed by atoms with van der Waals surface area (Å²) in [5.41, 5.74) is 1.79. The number of hydrogen-bond donors (Lipinski definition) is 1. The van der Waals surface area contributed by atoms with Crippen molar-refractivity contribution in [3.8, 4) is 0 Å². The Morgan fingerprint density at radius 2 is 1.96 bits per heavy atom. The van der Waals surface area contributed by atoms with Gasteiger partial charge in [0.15, 0.2) is 5.78 Å². The average molecular weight is 423 g/mol. The summed E-state index contributed by atoms with van der Waals surface area (Å²) < 4.78 is 0. The molecule has 0 amide bonds. The normalized spacial score (nSPS) is 48.8. The van der Waals surface area contributed by atoms with Crippen molar-refractivity contribution in [2.24, 2.45) is 40.4 Å². The van der Waals surface area contributed by atoms with Crippen LogP contribution >= 0.6 is 15.9 Å². The van der Waals surface area contributed by atoms with Crippen LogP contribution < -0.4 is 0 Å². The Hall–Kier alpha value is -0.640.